The Hall–Kier alpha value is -1.44. The van der Waals surface area contributed by atoms with E-state index >= 15 is 0 Å². The van der Waals surface area contributed by atoms with Crippen molar-refractivity contribution in [1.29, 1.82) is 0 Å². The molecule has 0 radical (unpaired) electrons. The van der Waals surface area contributed by atoms with Crippen molar-refractivity contribution < 1.29 is 4.74 Å². The van der Waals surface area contributed by atoms with Gasteiger partial charge in [-0.05, 0) is 18.9 Å². The zero-order valence-electron chi connectivity index (χ0n) is 7.99. The molecule has 2 nitrogen and oxygen atoms in total. The van der Waals surface area contributed by atoms with Crippen LogP contribution < -0.4 is 5.73 Å². The summed E-state index contributed by atoms with van der Waals surface area (Å²) in [5, 5.41) is 0. The lowest BCUT2D eigenvalue weighted by molar-refractivity contribution is 0.291. The molecule has 0 aromatic heterocycles. The van der Waals surface area contributed by atoms with E-state index in [1.165, 1.54) is 5.57 Å². The van der Waals surface area contributed by atoms with Gasteiger partial charge in [0.05, 0.1) is 0 Å². The first-order chi connectivity index (χ1) is 6.84. The second-order valence-corrected chi connectivity index (χ2v) is 3.96. The zero-order chi connectivity index (χ0) is 9.54. The first-order valence-corrected chi connectivity index (χ1v) is 5.09. The van der Waals surface area contributed by atoms with Gasteiger partial charge in [-0.25, -0.2) is 0 Å². The first kappa shape index (κ1) is 7.92. The maximum absolute atomic E-state index is 5.81. The topological polar surface area (TPSA) is 35.2 Å². The molecule has 0 saturated heterocycles. The molecule has 1 aliphatic heterocycles. The summed E-state index contributed by atoms with van der Waals surface area (Å²) in [5.41, 5.74) is 7.95. The molecule has 14 heavy (non-hydrogen) atoms. The minimum Gasteiger partial charge on any atom is -0.465 e. The van der Waals surface area contributed by atoms with E-state index in [4.69, 9.17) is 10.5 Å². The van der Waals surface area contributed by atoms with Crippen LogP contribution in [-0.2, 0) is 4.74 Å². The number of ether oxygens (including phenoxy) is 1. The number of rotatable bonds is 0. The van der Waals surface area contributed by atoms with Crippen molar-refractivity contribution >= 4 is 0 Å². The molecule has 0 amide bonds. The molecule has 1 heterocycles. The van der Waals surface area contributed by atoms with E-state index in [0.717, 1.165) is 36.5 Å². The maximum atomic E-state index is 5.81. The van der Waals surface area contributed by atoms with Gasteiger partial charge in [0.25, 0.3) is 0 Å². The van der Waals surface area contributed by atoms with Crippen LogP contribution in [0.15, 0.2) is 47.1 Å². The van der Waals surface area contributed by atoms with Gasteiger partial charge in [0.1, 0.15) is 11.5 Å². The summed E-state index contributed by atoms with van der Waals surface area (Å²) in [7, 11) is 0. The Kier molecular flexibility index (Phi) is 1.57. The van der Waals surface area contributed by atoms with E-state index in [-0.39, 0.29) is 0 Å². The van der Waals surface area contributed by atoms with Crippen LogP contribution >= 0.6 is 0 Å². The summed E-state index contributed by atoms with van der Waals surface area (Å²) < 4.78 is 5.81. The molecule has 0 aromatic rings. The van der Waals surface area contributed by atoms with Gasteiger partial charge in [-0.1, -0.05) is 18.2 Å². The van der Waals surface area contributed by atoms with Gasteiger partial charge < -0.3 is 10.5 Å². The van der Waals surface area contributed by atoms with Crippen LogP contribution in [0.25, 0.3) is 0 Å². The molecule has 0 aromatic carbocycles. The van der Waals surface area contributed by atoms with E-state index in [1.807, 2.05) is 6.08 Å². The van der Waals surface area contributed by atoms with Crippen LogP contribution in [0.4, 0.5) is 0 Å². The Morgan fingerprint density at radius 1 is 1.43 bits per heavy atom. The van der Waals surface area contributed by atoms with E-state index in [2.05, 4.69) is 18.2 Å². The predicted octanol–water partition coefficient (Wildman–Crippen LogP) is 2.37. The van der Waals surface area contributed by atoms with Gasteiger partial charge in [-0.2, -0.15) is 0 Å². The number of allylic oxidation sites excluding steroid dienone is 6. The van der Waals surface area contributed by atoms with Crippen LogP contribution in [0.3, 0.4) is 0 Å². The molecule has 0 fully saturated rings. The largest absolute Gasteiger partial charge is 0.465 e. The van der Waals surface area contributed by atoms with Crippen molar-refractivity contribution in [2.75, 3.05) is 0 Å². The molecule has 3 rings (SSSR count). The standard InChI is InChI=1S/C12H13NO/c13-8-5-6-10-9-3-1-2-4-11(9)14-12(10)7-8/h1,3,5,7,10H,2,4,6,13H2. The van der Waals surface area contributed by atoms with Gasteiger partial charge in [-0.3, -0.25) is 0 Å². The Morgan fingerprint density at radius 2 is 2.36 bits per heavy atom. The fourth-order valence-corrected chi connectivity index (χ4v) is 2.30. The van der Waals surface area contributed by atoms with Crippen molar-refractivity contribution in [2.45, 2.75) is 19.3 Å². The SMILES string of the molecule is NC1=CCC2C(=C1)OC1=C2C=CCC1. The lowest BCUT2D eigenvalue weighted by atomic mass is 9.88. The fourth-order valence-electron chi connectivity index (χ4n) is 2.30. The third-order valence-electron chi connectivity index (χ3n) is 3.02. The number of hydrogen-bond acceptors (Lipinski definition) is 2. The molecule has 1 atom stereocenters. The molecular weight excluding hydrogens is 174 g/mol. The molecule has 3 aliphatic rings. The summed E-state index contributed by atoms with van der Waals surface area (Å²) >= 11 is 0. The molecule has 72 valence electrons. The average molecular weight is 187 g/mol. The molecule has 2 heteroatoms. The maximum Gasteiger partial charge on any atom is 0.114 e. The van der Waals surface area contributed by atoms with Crippen LogP contribution in [0.2, 0.25) is 0 Å². The third kappa shape index (κ3) is 1.03. The molecule has 1 unspecified atom stereocenters. The molecule has 0 spiro atoms. The van der Waals surface area contributed by atoms with Crippen LogP contribution in [-0.4, -0.2) is 0 Å². The highest BCUT2D eigenvalue weighted by Crippen LogP contribution is 2.43. The van der Waals surface area contributed by atoms with Crippen LogP contribution in [0.5, 0.6) is 0 Å². The van der Waals surface area contributed by atoms with Crippen LogP contribution in [0.1, 0.15) is 19.3 Å². The lowest BCUT2D eigenvalue weighted by Crippen LogP contribution is -2.08. The highest BCUT2D eigenvalue weighted by Gasteiger charge is 2.32. The van der Waals surface area contributed by atoms with E-state index in [9.17, 15) is 0 Å². The van der Waals surface area contributed by atoms with E-state index < -0.39 is 0 Å². The third-order valence-corrected chi connectivity index (χ3v) is 3.02. The second kappa shape index (κ2) is 2.77. The molecule has 0 bridgehead atoms. The van der Waals surface area contributed by atoms with E-state index in [1.54, 1.807) is 0 Å². The first-order valence-electron chi connectivity index (χ1n) is 5.09. The lowest BCUT2D eigenvalue weighted by Gasteiger charge is -2.14. The minimum absolute atomic E-state index is 0.439. The second-order valence-electron chi connectivity index (χ2n) is 3.96. The fraction of sp³-hybridized carbons (Fsp3) is 0.333. The summed E-state index contributed by atoms with van der Waals surface area (Å²) in [4.78, 5) is 0. The highest BCUT2D eigenvalue weighted by molar-refractivity contribution is 5.43. The summed E-state index contributed by atoms with van der Waals surface area (Å²) in [6.07, 6.45) is 11.6. The number of fused-ring (bicyclic) bond motifs is 2. The van der Waals surface area contributed by atoms with Crippen molar-refractivity contribution in [1.82, 2.24) is 0 Å². The minimum atomic E-state index is 0.439. The number of nitrogens with two attached hydrogens (primary N) is 1. The Labute approximate surface area is 83.4 Å². The predicted molar refractivity (Wildman–Crippen MR) is 54.9 cm³/mol. The van der Waals surface area contributed by atoms with Crippen molar-refractivity contribution in [3.05, 3.63) is 47.1 Å². The van der Waals surface area contributed by atoms with Gasteiger partial charge in [0, 0.05) is 23.6 Å². The van der Waals surface area contributed by atoms with Gasteiger partial charge in [-0.15, -0.1) is 0 Å². The Balaban J connectivity index is 1.99. The normalized spacial score (nSPS) is 29.0. The van der Waals surface area contributed by atoms with E-state index in [0.29, 0.717) is 5.92 Å². The molecule has 0 saturated carbocycles. The highest BCUT2D eigenvalue weighted by atomic mass is 16.5. The summed E-state index contributed by atoms with van der Waals surface area (Å²) in [6, 6.07) is 0. The summed E-state index contributed by atoms with van der Waals surface area (Å²) in [6.45, 7) is 0. The molecular formula is C12H13NO. The number of hydrogen-bond donors (Lipinski definition) is 1. The van der Waals surface area contributed by atoms with Crippen molar-refractivity contribution in [3.8, 4) is 0 Å². The molecule has 2 N–H and O–H groups in total. The molecule has 2 aliphatic carbocycles. The smallest absolute Gasteiger partial charge is 0.114 e. The Bertz CT molecular complexity index is 399. The monoisotopic (exact) mass is 187 g/mol. The van der Waals surface area contributed by atoms with Crippen molar-refractivity contribution in [3.63, 3.8) is 0 Å². The quantitative estimate of drug-likeness (QED) is 0.632. The van der Waals surface area contributed by atoms with Gasteiger partial charge >= 0.3 is 0 Å². The zero-order valence-corrected chi connectivity index (χ0v) is 7.99. The van der Waals surface area contributed by atoms with Gasteiger partial charge in [0.15, 0.2) is 0 Å². The van der Waals surface area contributed by atoms with Gasteiger partial charge in [0.2, 0.25) is 0 Å². The van der Waals surface area contributed by atoms with Crippen molar-refractivity contribution in [2.24, 2.45) is 11.7 Å². The Morgan fingerprint density at radius 3 is 3.29 bits per heavy atom. The van der Waals surface area contributed by atoms with Crippen LogP contribution in [0, 0.1) is 5.92 Å². The average Bonchev–Trinajstić information content (AvgIpc) is 2.54. The summed E-state index contributed by atoms with van der Waals surface area (Å²) in [5.74, 6) is 2.64.